The van der Waals surface area contributed by atoms with Gasteiger partial charge in [-0.25, -0.2) is 9.97 Å². The van der Waals surface area contributed by atoms with Crippen molar-refractivity contribution in [3.05, 3.63) is 253 Å². The molecule has 0 amide bonds. The highest BCUT2D eigenvalue weighted by atomic mass is 32.1. The van der Waals surface area contributed by atoms with Crippen LogP contribution in [0.25, 0.3) is 86.1 Å². The largest absolute Gasteiger partial charge is 0.334 e. The van der Waals surface area contributed by atoms with Crippen molar-refractivity contribution in [1.29, 1.82) is 0 Å². The molecule has 0 fully saturated rings. The van der Waals surface area contributed by atoms with Gasteiger partial charge in [-0.2, -0.15) is 0 Å². The monoisotopic (exact) mass is 903 g/mol. The maximum Gasteiger partial charge on any atom is 0.124 e. The first-order valence-electron chi connectivity index (χ1n) is 23.3. The van der Waals surface area contributed by atoms with E-state index in [4.69, 9.17) is 9.97 Å². The van der Waals surface area contributed by atoms with E-state index < -0.39 is 5.41 Å². The Morgan fingerprint density at radius 3 is 1.53 bits per heavy atom. The highest BCUT2D eigenvalue weighted by molar-refractivity contribution is 7.22. The summed E-state index contributed by atoms with van der Waals surface area (Å²) in [6, 6.07) is 78.5. The smallest absolute Gasteiger partial charge is 0.124 e. The van der Waals surface area contributed by atoms with Crippen molar-refractivity contribution < 1.29 is 0 Å². The quantitative estimate of drug-likeness (QED) is 0.166. The van der Waals surface area contributed by atoms with Gasteiger partial charge < -0.3 is 4.90 Å². The van der Waals surface area contributed by atoms with Gasteiger partial charge in [0.25, 0.3) is 0 Å². The van der Waals surface area contributed by atoms with Crippen LogP contribution in [0.4, 0.5) is 11.4 Å². The third kappa shape index (κ3) is 6.09. The summed E-state index contributed by atoms with van der Waals surface area (Å²) >= 11 is 3.48. The van der Waals surface area contributed by atoms with Crippen LogP contribution in [0.1, 0.15) is 16.7 Å². The lowest BCUT2D eigenvalue weighted by Crippen LogP contribution is -2.52. The van der Waals surface area contributed by atoms with Crippen LogP contribution in [0, 0.1) is 5.92 Å². The number of anilines is 2. The lowest BCUT2D eigenvalue weighted by atomic mass is 9.58. The average molecular weight is 904 g/mol. The number of allylic oxidation sites excluding steroid dienone is 2. The minimum atomic E-state index is -0.427. The fourth-order valence-electron chi connectivity index (χ4n) is 11.4. The zero-order valence-corrected chi connectivity index (χ0v) is 38.5. The van der Waals surface area contributed by atoms with Crippen molar-refractivity contribution in [3.63, 3.8) is 0 Å². The van der Waals surface area contributed by atoms with E-state index in [0.717, 1.165) is 32.2 Å². The van der Waals surface area contributed by atoms with Gasteiger partial charge in [0.1, 0.15) is 10.0 Å². The van der Waals surface area contributed by atoms with E-state index in [9.17, 15) is 0 Å². The number of hydrogen-bond donors (Lipinski definition) is 0. The predicted molar refractivity (Wildman–Crippen MR) is 286 cm³/mol. The van der Waals surface area contributed by atoms with Crippen LogP contribution in [0.15, 0.2) is 237 Å². The van der Waals surface area contributed by atoms with Crippen LogP contribution in [0.2, 0.25) is 0 Å². The van der Waals surface area contributed by atoms with E-state index >= 15 is 0 Å². The molecule has 0 N–H and O–H groups in total. The molecule has 1 aliphatic heterocycles. The number of rotatable bonds is 6. The molecule has 0 bridgehead atoms. The Labute approximate surface area is 403 Å². The molecule has 0 saturated heterocycles. The van der Waals surface area contributed by atoms with Gasteiger partial charge >= 0.3 is 0 Å². The molecule has 0 saturated carbocycles. The van der Waals surface area contributed by atoms with Gasteiger partial charge in [0.05, 0.1) is 31.9 Å². The summed E-state index contributed by atoms with van der Waals surface area (Å²) in [7, 11) is 0. The Balaban J connectivity index is 0.938. The molecule has 3 atom stereocenters. The zero-order chi connectivity index (χ0) is 44.8. The number of benzene rings is 9. The molecule has 14 rings (SSSR count). The standard InChI is InChI=1S/C63H41N3S2/c1-2-14-48(15-3-1)66-57-22-10-6-18-52(57)63(53-19-7-11-23-58(53)66)51-17-5-4-16-49(51)50-35-34-44(39-54(50)63)47-37-45(40-26-30-42(31-27-40)61-64-55-20-8-12-24-59(55)67-61)36-46(38-47)41-28-32-43(33-29-41)62-65-56-21-9-13-25-60(56)68-62/h1-39,52,57H. The summed E-state index contributed by atoms with van der Waals surface area (Å²) in [6.45, 7) is 0. The van der Waals surface area contributed by atoms with Crippen molar-refractivity contribution >= 4 is 54.5 Å². The maximum absolute atomic E-state index is 4.98. The normalized spacial score (nSPS) is 17.6. The molecule has 3 nitrogen and oxygen atoms in total. The number of para-hydroxylation sites is 4. The Morgan fingerprint density at radius 1 is 0.382 bits per heavy atom. The highest BCUT2D eigenvalue weighted by Crippen LogP contribution is 2.63. The van der Waals surface area contributed by atoms with Crippen molar-refractivity contribution in [3.8, 4) is 65.6 Å². The summed E-state index contributed by atoms with van der Waals surface area (Å²) in [4.78, 5) is 12.5. The average Bonchev–Trinajstić information content (AvgIpc) is 4.13. The molecule has 3 heterocycles. The number of hydrogen-bond acceptors (Lipinski definition) is 5. The Hall–Kier alpha value is -7.96. The Kier molecular flexibility index (Phi) is 8.98. The molecular weight excluding hydrogens is 863 g/mol. The third-order valence-corrected chi connectivity index (χ3v) is 16.6. The Morgan fingerprint density at radius 2 is 0.882 bits per heavy atom. The summed E-state index contributed by atoms with van der Waals surface area (Å²) in [5.74, 6) is 0.130. The predicted octanol–water partition coefficient (Wildman–Crippen LogP) is 16.8. The Bertz CT molecular complexity index is 3620. The van der Waals surface area contributed by atoms with Gasteiger partial charge in [-0.05, 0) is 128 Å². The number of thiazole rings is 2. The molecule has 9 aromatic carbocycles. The van der Waals surface area contributed by atoms with Gasteiger partial charge in [0.15, 0.2) is 0 Å². The molecule has 320 valence electrons. The van der Waals surface area contributed by atoms with Crippen LogP contribution in [0.3, 0.4) is 0 Å². The first-order valence-corrected chi connectivity index (χ1v) is 24.9. The minimum absolute atomic E-state index is 0.103. The van der Waals surface area contributed by atoms with Crippen molar-refractivity contribution in [2.75, 3.05) is 4.90 Å². The van der Waals surface area contributed by atoms with Gasteiger partial charge in [0, 0.05) is 28.4 Å². The van der Waals surface area contributed by atoms with Gasteiger partial charge in [-0.3, -0.25) is 0 Å². The van der Waals surface area contributed by atoms with Crippen molar-refractivity contribution in [2.24, 2.45) is 5.92 Å². The lowest BCUT2D eigenvalue weighted by molar-refractivity contribution is 0.392. The SMILES string of the molecule is C1=CC2C(C=C1)C1(c3ccccc3-c3ccc(-c4cc(-c5ccc(-c6nc7ccccc7s6)cc5)cc(-c5ccc(-c6nc7ccccc7s6)cc5)c4)cc31)c1ccccc1N2c1ccccc1. The van der Waals surface area contributed by atoms with E-state index in [0.29, 0.717) is 0 Å². The molecule has 5 heteroatoms. The third-order valence-electron chi connectivity index (χ3n) is 14.4. The second-order valence-electron chi connectivity index (χ2n) is 18.1. The topological polar surface area (TPSA) is 29.0 Å². The molecule has 1 spiro atoms. The molecule has 68 heavy (non-hydrogen) atoms. The summed E-state index contributed by atoms with van der Waals surface area (Å²) < 4.78 is 2.41. The summed E-state index contributed by atoms with van der Waals surface area (Å²) in [6.07, 6.45) is 9.40. The molecule has 3 unspecified atom stereocenters. The molecular formula is C63H41N3S2. The number of fused-ring (bicyclic) bond motifs is 11. The first kappa shape index (κ1) is 39.2. The van der Waals surface area contributed by atoms with Crippen molar-refractivity contribution in [1.82, 2.24) is 9.97 Å². The zero-order valence-electron chi connectivity index (χ0n) is 36.8. The number of nitrogens with zero attached hydrogens (tertiary/aromatic N) is 3. The fraction of sp³-hybridized carbons (Fsp3) is 0.0476. The maximum atomic E-state index is 4.98. The second kappa shape index (κ2) is 15.6. The molecule has 3 aliphatic rings. The van der Waals surface area contributed by atoms with E-state index in [1.54, 1.807) is 22.7 Å². The molecule has 0 radical (unpaired) electrons. The van der Waals surface area contributed by atoms with Crippen LogP contribution in [-0.4, -0.2) is 16.0 Å². The van der Waals surface area contributed by atoms with Crippen LogP contribution in [-0.2, 0) is 5.41 Å². The summed E-state index contributed by atoms with van der Waals surface area (Å²) in [5.41, 5.74) is 20.1. The minimum Gasteiger partial charge on any atom is -0.334 e. The van der Waals surface area contributed by atoms with Gasteiger partial charge in [-0.15, -0.1) is 22.7 Å². The van der Waals surface area contributed by atoms with E-state index in [1.165, 1.54) is 82.0 Å². The molecule has 11 aromatic rings. The highest BCUT2D eigenvalue weighted by Gasteiger charge is 2.56. The van der Waals surface area contributed by atoms with Crippen LogP contribution < -0.4 is 4.90 Å². The summed E-state index contributed by atoms with van der Waals surface area (Å²) in [5, 5.41) is 2.07. The van der Waals surface area contributed by atoms with Gasteiger partial charge in [0.2, 0.25) is 0 Å². The first-order chi connectivity index (χ1) is 33.7. The van der Waals surface area contributed by atoms with Crippen molar-refractivity contribution in [2.45, 2.75) is 11.5 Å². The van der Waals surface area contributed by atoms with E-state index in [1.807, 2.05) is 0 Å². The van der Waals surface area contributed by atoms with E-state index in [-0.39, 0.29) is 12.0 Å². The molecule has 2 aliphatic carbocycles. The van der Waals surface area contributed by atoms with Gasteiger partial charge in [-0.1, -0.05) is 170 Å². The van der Waals surface area contributed by atoms with E-state index in [2.05, 4.69) is 242 Å². The fourth-order valence-corrected chi connectivity index (χ4v) is 13.3. The lowest BCUT2D eigenvalue weighted by Gasteiger charge is -2.53. The van der Waals surface area contributed by atoms with Crippen LogP contribution >= 0.6 is 22.7 Å². The van der Waals surface area contributed by atoms with Crippen LogP contribution in [0.5, 0.6) is 0 Å². The number of aromatic nitrogens is 2. The second-order valence-corrected chi connectivity index (χ2v) is 20.1. The molecule has 2 aromatic heterocycles.